The van der Waals surface area contributed by atoms with Gasteiger partial charge >= 0.3 is 0 Å². The van der Waals surface area contributed by atoms with Crippen LogP contribution in [0.1, 0.15) is 105 Å². The van der Waals surface area contributed by atoms with Gasteiger partial charge in [0.05, 0.1) is 6.54 Å². The lowest BCUT2D eigenvalue weighted by atomic mass is 9.78. The van der Waals surface area contributed by atoms with Gasteiger partial charge in [-0.15, -0.1) is 17.0 Å². The number of halogens is 1. The molecule has 208 valence electrons. The zero-order valence-corrected chi connectivity index (χ0v) is 25.8. The Morgan fingerprint density at radius 1 is 1.00 bits per heavy atom. The molecule has 2 unspecified atom stereocenters. The first kappa shape index (κ1) is 31.5. The molecule has 38 heavy (non-hydrogen) atoms. The zero-order valence-electron chi connectivity index (χ0n) is 24.1. The number of nitrogens with one attached hydrogen (secondary N) is 2. The van der Waals surface area contributed by atoms with Gasteiger partial charge in [0.2, 0.25) is 0 Å². The topological polar surface area (TPSA) is 93.5 Å². The SMILES string of the molecule is Br.CCCC1CN(CC(=O)c2cc(C(C)(C)C)c(O)c(C(C)(C)C)c2)C(=N)C1c1ccc(C(=O)NC)cc1. The zero-order chi connectivity index (χ0) is 27.7. The Bertz CT molecular complexity index is 1140. The van der Waals surface area contributed by atoms with Crippen LogP contribution in [0, 0.1) is 11.3 Å². The number of amides is 1. The fourth-order valence-electron chi connectivity index (χ4n) is 5.30. The number of likely N-dealkylation sites (tertiary alicyclic amines) is 1. The first-order valence-corrected chi connectivity index (χ1v) is 13.3. The number of phenols is 1. The van der Waals surface area contributed by atoms with E-state index in [1.54, 1.807) is 19.2 Å². The second-order valence-electron chi connectivity index (χ2n) is 12.3. The Hall–Kier alpha value is -2.67. The van der Waals surface area contributed by atoms with Crippen LogP contribution in [-0.4, -0.2) is 47.7 Å². The number of rotatable bonds is 7. The molecule has 2 aromatic rings. The molecule has 0 spiro atoms. The van der Waals surface area contributed by atoms with Crippen molar-refractivity contribution in [1.29, 1.82) is 5.41 Å². The summed E-state index contributed by atoms with van der Waals surface area (Å²) in [4.78, 5) is 27.5. The highest BCUT2D eigenvalue weighted by atomic mass is 79.9. The number of Topliss-reactive ketones (excluding diaryl/α,β-unsaturated/α-hetero) is 1. The minimum absolute atomic E-state index is 0. The fraction of sp³-hybridized carbons (Fsp3) is 0.516. The average Bonchev–Trinajstić information content (AvgIpc) is 3.11. The molecule has 1 fully saturated rings. The summed E-state index contributed by atoms with van der Waals surface area (Å²) < 4.78 is 0. The van der Waals surface area contributed by atoms with Gasteiger partial charge in [-0.25, -0.2) is 0 Å². The van der Waals surface area contributed by atoms with Crippen LogP contribution in [0.2, 0.25) is 0 Å². The fourth-order valence-corrected chi connectivity index (χ4v) is 5.30. The normalized spacial score (nSPS) is 17.8. The van der Waals surface area contributed by atoms with Crippen LogP contribution in [0.3, 0.4) is 0 Å². The standard InChI is InChI=1S/C31H43N3O3.BrH/c1-9-10-21-17-34(28(32)26(21)19-11-13-20(14-12-19)29(37)33-8)18-25(35)22-15-23(30(2,3)4)27(36)24(16-22)31(5,6)7;/h11-16,21,26,32,36H,9-10,17-18H2,1-8H3,(H,33,37);1H. The molecule has 3 N–H and O–H groups in total. The van der Waals surface area contributed by atoms with E-state index in [0.717, 1.165) is 29.5 Å². The van der Waals surface area contributed by atoms with Gasteiger partial charge in [0.1, 0.15) is 11.6 Å². The van der Waals surface area contributed by atoms with E-state index >= 15 is 0 Å². The van der Waals surface area contributed by atoms with Crippen LogP contribution in [-0.2, 0) is 10.8 Å². The lowest BCUT2D eigenvalue weighted by Crippen LogP contribution is -2.32. The van der Waals surface area contributed by atoms with Gasteiger partial charge in [-0.2, -0.15) is 0 Å². The summed E-state index contributed by atoms with van der Waals surface area (Å²) in [6.07, 6.45) is 1.95. The van der Waals surface area contributed by atoms with E-state index < -0.39 is 0 Å². The van der Waals surface area contributed by atoms with Crippen molar-refractivity contribution in [3.8, 4) is 5.75 Å². The second kappa shape index (κ2) is 12.0. The minimum Gasteiger partial charge on any atom is -0.507 e. The van der Waals surface area contributed by atoms with E-state index in [2.05, 4.69) is 12.2 Å². The van der Waals surface area contributed by atoms with Gasteiger partial charge in [-0.05, 0) is 53.0 Å². The summed E-state index contributed by atoms with van der Waals surface area (Å²) in [5.74, 6) is 0.641. The van der Waals surface area contributed by atoms with Crippen LogP contribution in [0.15, 0.2) is 36.4 Å². The summed E-state index contributed by atoms with van der Waals surface area (Å²) in [5.41, 5.74) is 3.05. The lowest BCUT2D eigenvalue weighted by molar-refractivity contribution is 0.0955. The van der Waals surface area contributed by atoms with Crippen molar-refractivity contribution in [3.63, 3.8) is 0 Å². The maximum absolute atomic E-state index is 13.6. The molecule has 1 saturated heterocycles. The lowest BCUT2D eigenvalue weighted by Gasteiger charge is -2.28. The van der Waals surface area contributed by atoms with Crippen molar-refractivity contribution in [2.75, 3.05) is 20.1 Å². The van der Waals surface area contributed by atoms with Crippen LogP contribution in [0.25, 0.3) is 0 Å². The van der Waals surface area contributed by atoms with E-state index in [-0.39, 0.29) is 63.6 Å². The van der Waals surface area contributed by atoms with E-state index in [9.17, 15) is 14.7 Å². The van der Waals surface area contributed by atoms with Gasteiger partial charge in [-0.3, -0.25) is 15.0 Å². The molecule has 2 aromatic carbocycles. The van der Waals surface area contributed by atoms with Crippen molar-refractivity contribution in [3.05, 3.63) is 64.2 Å². The van der Waals surface area contributed by atoms with Crippen molar-refractivity contribution in [2.45, 2.75) is 78.1 Å². The summed E-state index contributed by atoms with van der Waals surface area (Å²) in [6.45, 7) is 15.1. The molecule has 0 aromatic heterocycles. The number of hydrogen-bond acceptors (Lipinski definition) is 4. The maximum atomic E-state index is 13.6. The van der Waals surface area contributed by atoms with Crippen LogP contribution in [0.4, 0.5) is 0 Å². The van der Waals surface area contributed by atoms with Crippen molar-refractivity contribution in [2.24, 2.45) is 5.92 Å². The Balaban J connectivity index is 0.00000507. The Morgan fingerprint density at radius 2 is 1.53 bits per heavy atom. The third kappa shape index (κ3) is 6.66. The van der Waals surface area contributed by atoms with Crippen molar-refractivity contribution in [1.82, 2.24) is 10.2 Å². The van der Waals surface area contributed by atoms with Gasteiger partial charge in [0.25, 0.3) is 5.91 Å². The molecule has 7 heteroatoms. The van der Waals surface area contributed by atoms with Crippen LogP contribution < -0.4 is 5.32 Å². The Kier molecular flexibility index (Phi) is 9.98. The van der Waals surface area contributed by atoms with Gasteiger partial charge < -0.3 is 15.3 Å². The highest BCUT2D eigenvalue weighted by Crippen LogP contribution is 2.41. The molecule has 3 rings (SSSR count). The largest absolute Gasteiger partial charge is 0.507 e. The number of phenolic OH excluding ortho intramolecular Hbond substituents is 1. The number of nitrogens with zero attached hydrogens (tertiary/aromatic N) is 1. The summed E-state index contributed by atoms with van der Waals surface area (Å²) >= 11 is 0. The molecule has 6 nitrogen and oxygen atoms in total. The van der Waals surface area contributed by atoms with Crippen LogP contribution in [0.5, 0.6) is 5.75 Å². The third-order valence-corrected chi connectivity index (χ3v) is 7.36. The molecule has 1 heterocycles. The van der Waals surface area contributed by atoms with E-state index in [4.69, 9.17) is 5.41 Å². The molecule has 0 aliphatic carbocycles. The predicted molar refractivity (Wildman–Crippen MR) is 160 cm³/mol. The first-order valence-electron chi connectivity index (χ1n) is 13.3. The molecule has 1 amide bonds. The number of amidine groups is 1. The molecular formula is C31H44BrN3O3. The molecule has 0 radical (unpaired) electrons. The molecule has 1 aliphatic heterocycles. The van der Waals surface area contributed by atoms with Gasteiger partial charge in [0, 0.05) is 41.8 Å². The first-order chi connectivity index (χ1) is 17.2. The highest BCUT2D eigenvalue weighted by molar-refractivity contribution is 8.93. The van der Waals surface area contributed by atoms with E-state index in [0.29, 0.717) is 23.5 Å². The smallest absolute Gasteiger partial charge is 0.251 e. The maximum Gasteiger partial charge on any atom is 0.251 e. The van der Waals surface area contributed by atoms with Gasteiger partial charge in [-0.1, -0.05) is 67.0 Å². The number of benzene rings is 2. The Labute approximate surface area is 238 Å². The molecule has 2 atom stereocenters. The number of carbonyl (C=O) groups is 2. The second-order valence-corrected chi connectivity index (χ2v) is 12.3. The van der Waals surface area contributed by atoms with Gasteiger partial charge in [0.15, 0.2) is 5.78 Å². The third-order valence-electron chi connectivity index (χ3n) is 7.36. The van der Waals surface area contributed by atoms with Crippen molar-refractivity contribution >= 4 is 34.5 Å². The minimum atomic E-state index is -0.321. The summed E-state index contributed by atoms with van der Waals surface area (Å²) in [7, 11) is 1.61. The highest BCUT2D eigenvalue weighted by Gasteiger charge is 2.39. The summed E-state index contributed by atoms with van der Waals surface area (Å²) in [5, 5.41) is 22.7. The van der Waals surface area contributed by atoms with Crippen molar-refractivity contribution < 1.29 is 14.7 Å². The predicted octanol–water partition coefficient (Wildman–Crippen LogP) is 6.60. The molecular weight excluding hydrogens is 542 g/mol. The molecule has 0 saturated carbocycles. The number of aromatic hydroxyl groups is 1. The quantitative estimate of drug-likeness (QED) is 0.319. The number of carbonyl (C=O) groups excluding carboxylic acids is 2. The average molecular weight is 587 g/mol. The molecule has 1 aliphatic rings. The number of ketones is 1. The van der Waals surface area contributed by atoms with E-state index in [1.807, 2.05) is 70.7 Å². The summed E-state index contributed by atoms with van der Waals surface area (Å²) in [6, 6.07) is 11.1. The van der Waals surface area contributed by atoms with Crippen LogP contribution >= 0.6 is 17.0 Å². The Morgan fingerprint density at radius 3 is 1.97 bits per heavy atom. The monoisotopic (exact) mass is 585 g/mol. The van der Waals surface area contributed by atoms with E-state index in [1.165, 1.54) is 0 Å². The molecule has 0 bridgehead atoms. The number of hydrogen-bond donors (Lipinski definition) is 3.